The molecule has 0 atom stereocenters. The van der Waals surface area contributed by atoms with Gasteiger partial charge in [-0.2, -0.15) is 4.31 Å². The first-order valence-corrected chi connectivity index (χ1v) is 11.1. The summed E-state index contributed by atoms with van der Waals surface area (Å²) in [5, 5.41) is 0.484. The van der Waals surface area contributed by atoms with Crippen molar-refractivity contribution in [2.75, 3.05) is 26.3 Å². The van der Waals surface area contributed by atoms with E-state index in [1.54, 1.807) is 42.6 Å². The van der Waals surface area contributed by atoms with E-state index in [0.717, 1.165) is 19.3 Å². The fourth-order valence-corrected chi connectivity index (χ4v) is 4.89. The molecule has 2 heterocycles. The number of carbonyl (C=O) groups is 1. The quantitative estimate of drug-likeness (QED) is 0.481. The first-order valence-electron chi connectivity index (χ1n) is 9.29. The standard InChI is InChI=1S/C20H23ClN2O4S/c21-18-8-7-17(28(25,26)23-11-4-1-5-12-23)14-16(18)9-13-27-15-20(24)19-6-2-3-10-22-19/h2-3,6-8,10,14H,1,4-5,9,11-13,15H2. The molecule has 0 radical (unpaired) electrons. The van der Waals surface area contributed by atoms with Gasteiger partial charge in [-0.15, -0.1) is 0 Å². The van der Waals surface area contributed by atoms with E-state index in [4.69, 9.17) is 16.3 Å². The van der Waals surface area contributed by atoms with Crippen LogP contribution in [0.3, 0.4) is 0 Å². The fraction of sp³-hybridized carbons (Fsp3) is 0.400. The molecule has 0 N–H and O–H groups in total. The van der Waals surface area contributed by atoms with Crippen LogP contribution < -0.4 is 0 Å². The van der Waals surface area contributed by atoms with Gasteiger partial charge in [0.1, 0.15) is 12.3 Å². The summed E-state index contributed by atoms with van der Waals surface area (Å²) in [4.78, 5) is 16.2. The second-order valence-electron chi connectivity index (χ2n) is 6.66. The number of pyridine rings is 1. The van der Waals surface area contributed by atoms with Crippen LogP contribution in [0.25, 0.3) is 0 Å². The van der Waals surface area contributed by atoms with Crippen molar-refractivity contribution in [3.05, 3.63) is 58.9 Å². The topological polar surface area (TPSA) is 76.6 Å². The number of nitrogens with zero attached hydrogens (tertiary/aromatic N) is 2. The van der Waals surface area contributed by atoms with Gasteiger partial charge in [-0.1, -0.05) is 24.1 Å². The van der Waals surface area contributed by atoms with Crippen LogP contribution >= 0.6 is 11.6 Å². The molecule has 1 fully saturated rings. The van der Waals surface area contributed by atoms with Crippen molar-refractivity contribution >= 4 is 27.4 Å². The second kappa shape index (κ2) is 9.60. The van der Waals surface area contributed by atoms with Gasteiger partial charge in [0.2, 0.25) is 15.8 Å². The van der Waals surface area contributed by atoms with Gasteiger partial charge in [0.15, 0.2) is 0 Å². The lowest BCUT2D eigenvalue weighted by molar-refractivity contribution is 0.0760. The number of piperidine rings is 1. The number of sulfonamides is 1. The second-order valence-corrected chi connectivity index (χ2v) is 9.00. The molecule has 1 aliphatic rings. The van der Waals surface area contributed by atoms with E-state index in [0.29, 0.717) is 35.8 Å². The predicted molar refractivity (Wildman–Crippen MR) is 107 cm³/mol. The van der Waals surface area contributed by atoms with Crippen LogP contribution in [0, 0.1) is 0 Å². The average Bonchev–Trinajstić information content (AvgIpc) is 2.73. The lowest BCUT2D eigenvalue weighted by Crippen LogP contribution is -2.35. The smallest absolute Gasteiger partial charge is 0.243 e. The molecule has 1 saturated heterocycles. The van der Waals surface area contributed by atoms with Crippen LogP contribution in [0.15, 0.2) is 47.5 Å². The lowest BCUT2D eigenvalue weighted by atomic mass is 10.1. The molecular formula is C20H23ClN2O4S. The Kier molecular flexibility index (Phi) is 7.18. The van der Waals surface area contributed by atoms with E-state index >= 15 is 0 Å². The van der Waals surface area contributed by atoms with Crippen LogP contribution in [-0.2, 0) is 21.2 Å². The van der Waals surface area contributed by atoms with Crippen molar-refractivity contribution in [3.8, 4) is 0 Å². The van der Waals surface area contributed by atoms with E-state index in [9.17, 15) is 13.2 Å². The Bertz CT molecular complexity index is 913. The van der Waals surface area contributed by atoms with Crippen LogP contribution in [0.1, 0.15) is 35.3 Å². The summed E-state index contributed by atoms with van der Waals surface area (Å²) in [6.45, 7) is 1.28. The summed E-state index contributed by atoms with van der Waals surface area (Å²) in [7, 11) is -3.51. The Morgan fingerprint density at radius 2 is 1.93 bits per heavy atom. The molecule has 8 heteroatoms. The van der Waals surface area contributed by atoms with E-state index < -0.39 is 10.0 Å². The molecule has 2 aromatic rings. The molecule has 0 amide bonds. The SMILES string of the molecule is O=C(COCCc1cc(S(=O)(=O)N2CCCCC2)ccc1Cl)c1ccccn1. The molecule has 150 valence electrons. The summed E-state index contributed by atoms with van der Waals surface area (Å²) in [5.41, 5.74) is 1.04. The molecule has 28 heavy (non-hydrogen) atoms. The summed E-state index contributed by atoms with van der Waals surface area (Å²) in [5.74, 6) is -0.201. The Hall–Kier alpha value is -1.80. The Morgan fingerprint density at radius 1 is 1.14 bits per heavy atom. The van der Waals surface area contributed by atoms with Crippen LogP contribution in [0.2, 0.25) is 5.02 Å². The summed E-state index contributed by atoms with van der Waals surface area (Å²) >= 11 is 6.23. The number of ketones is 1. The van der Waals surface area contributed by atoms with Crippen molar-refractivity contribution in [1.29, 1.82) is 0 Å². The monoisotopic (exact) mass is 422 g/mol. The predicted octanol–water partition coefficient (Wildman–Crippen LogP) is 3.35. The van der Waals surface area contributed by atoms with Gasteiger partial charge in [0.05, 0.1) is 11.5 Å². The third kappa shape index (κ3) is 5.17. The highest BCUT2D eigenvalue weighted by Gasteiger charge is 2.26. The number of hydrogen-bond acceptors (Lipinski definition) is 5. The normalized spacial score (nSPS) is 15.5. The first-order chi connectivity index (χ1) is 13.5. The van der Waals surface area contributed by atoms with Crippen LogP contribution in [0.4, 0.5) is 0 Å². The zero-order chi connectivity index (χ0) is 20.0. The summed E-state index contributed by atoms with van der Waals surface area (Å²) < 4.78 is 32.6. The van der Waals surface area contributed by atoms with E-state index in [-0.39, 0.29) is 23.9 Å². The van der Waals surface area contributed by atoms with Gasteiger partial charge in [-0.25, -0.2) is 8.42 Å². The molecular weight excluding hydrogens is 400 g/mol. The zero-order valence-electron chi connectivity index (χ0n) is 15.5. The van der Waals surface area contributed by atoms with Gasteiger partial charge in [-0.3, -0.25) is 9.78 Å². The molecule has 1 aliphatic heterocycles. The molecule has 0 bridgehead atoms. The first kappa shape index (κ1) is 20.9. The molecule has 0 aliphatic carbocycles. The highest BCUT2D eigenvalue weighted by molar-refractivity contribution is 7.89. The molecule has 1 aromatic heterocycles. The minimum absolute atomic E-state index is 0.0829. The van der Waals surface area contributed by atoms with Crippen molar-refractivity contribution in [2.24, 2.45) is 0 Å². The molecule has 6 nitrogen and oxygen atoms in total. The van der Waals surface area contributed by atoms with Gasteiger partial charge in [-0.05, 0) is 55.2 Å². The number of Topliss-reactive ketones (excluding diaryl/α,β-unsaturated/α-hetero) is 1. The Morgan fingerprint density at radius 3 is 2.64 bits per heavy atom. The fourth-order valence-electron chi connectivity index (χ4n) is 3.11. The number of halogens is 1. The maximum atomic E-state index is 12.8. The lowest BCUT2D eigenvalue weighted by Gasteiger charge is -2.26. The van der Waals surface area contributed by atoms with Crippen LogP contribution in [0.5, 0.6) is 0 Å². The highest BCUT2D eigenvalue weighted by Crippen LogP contribution is 2.25. The molecule has 0 unspecified atom stereocenters. The van der Waals surface area contributed by atoms with Crippen molar-refractivity contribution in [1.82, 2.24) is 9.29 Å². The van der Waals surface area contributed by atoms with Crippen LogP contribution in [-0.4, -0.2) is 49.8 Å². The van der Waals surface area contributed by atoms with Crippen molar-refractivity contribution in [3.63, 3.8) is 0 Å². The maximum Gasteiger partial charge on any atom is 0.243 e. The number of carbonyl (C=O) groups excluding carboxylic acids is 1. The number of ether oxygens (including phenoxy) is 1. The number of rotatable bonds is 8. The van der Waals surface area contributed by atoms with E-state index in [2.05, 4.69) is 4.98 Å². The summed E-state index contributed by atoms with van der Waals surface area (Å²) in [6.07, 6.45) is 4.81. The van der Waals surface area contributed by atoms with E-state index in [1.807, 2.05) is 0 Å². The third-order valence-corrected chi connectivity index (χ3v) is 6.93. The maximum absolute atomic E-state index is 12.8. The molecule has 0 spiro atoms. The highest BCUT2D eigenvalue weighted by atomic mass is 35.5. The van der Waals surface area contributed by atoms with Gasteiger partial charge < -0.3 is 4.74 Å². The Labute approximate surface area is 170 Å². The molecule has 1 aromatic carbocycles. The van der Waals surface area contributed by atoms with Crippen molar-refractivity contribution < 1.29 is 17.9 Å². The largest absolute Gasteiger partial charge is 0.373 e. The number of benzene rings is 1. The van der Waals surface area contributed by atoms with Gasteiger partial charge in [0.25, 0.3) is 0 Å². The Balaban J connectivity index is 1.60. The molecule has 0 saturated carbocycles. The minimum atomic E-state index is -3.51. The third-order valence-electron chi connectivity index (χ3n) is 4.67. The van der Waals surface area contributed by atoms with E-state index in [1.165, 1.54) is 4.31 Å². The van der Waals surface area contributed by atoms with Crippen molar-refractivity contribution in [2.45, 2.75) is 30.6 Å². The minimum Gasteiger partial charge on any atom is -0.373 e. The van der Waals surface area contributed by atoms with Gasteiger partial charge in [0, 0.05) is 24.3 Å². The number of hydrogen-bond donors (Lipinski definition) is 0. The zero-order valence-corrected chi connectivity index (χ0v) is 17.1. The molecule has 3 rings (SSSR count). The number of aromatic nitrogens is 1. The average molecular weight is 423 g/mol. The summed E-state index contributed by atoms with van der Waals surface area (Å²) in [6, 6.07) is 9.88. The van der Waals surface area contributed by atoms with Gasteiger partial charge >= 0.3 is 0 Å².